The average molecular weight is 268 g/mol. The number of hydrogen-bond acceptors (Lipinski definition) is 4. The van der Waals surface area contributed by atoms with E-state index in [1.807, 2.05) is 27.7 Å². The molecule has 2 rings (SSSR count). The van der Waals surface area contributed by atoms with Crippen LogP contribution < -0.4 is 0 Å². The van der Waals surface area contributed by atoms with Gasteiger partial charge in [-0.1, -0.05) is 6.92 Å². The lowest BCUT2D eigenvalue weighted by Gasteiger charge is -2.37. The molecule has 2 saturated heterocycles. The third-order valence-corrected chi connectivity index (χ3v) is 4.62. The monoisotopic (exact) mass is 268 g/mol. The molecule has 0 amide bonds. The van der Waals surface area contributed by atoms with E-state index in [1.165, 1.54) is 0 Å². The minimum absolute atomic E-state index is 0.00400. The number of carbonyl (C=O) groups excluding carboxylic acids is 1. The molecule has 0 aromatic rings. The highest BCUT2D eigenvalue weighted by atomic mass is 16.5. The van der Waals surface area contributed by atoms with Crippen LogP contribution in [0.25, 0.3) is 0 Å². The normalized spacial score (nSPS) is 31.8. The first-order valence-electron chi connectivity index (χ1n) is 7.45. The predicted octanol–water partition coefficient (Wildman–Crippen LogP) is 1.40. The van der Waals surface area contributed by atoms with Crippen molar-refractivity contribution in [3.8, 4) is 0 Å². The van der Waals surface area contributed by atoms with Crippen LogP contribution in [0.3, 0.4) is 0 Å². The van der Waals surface area contributed by atoms with Crippen LogP contribution in [0.2, 0.25) is 0 Å². The topological polar surface area (TPSA) is 32.8 Å². The fraction of sp³-hybridized carbons (Fsp3) is 0.933. The van der Waals surface area contributed by atoms with Crippen LogP contribution in [0.5, 0.6) is 0 Å². The summed E-state index contributed by atoms with van der Waals surface area (Å²) in [6, 6.07) is 0. The number of likely N-dealkylation sites (N-methyl/N-ethyl adjacent to an activating group) is 1. The summed E-state index contributed by atoms with van der Waals surface area (Å²) in [7, 11) is 0. The molecular formula is C15H28N2O2. The van der Waals surface area contributed by atoms with E-state index < -0.39 is 5.60 Å². The van der Waals surface area contributed by atoms with E-state index in [1.54, 1.807) is 0 Å². The first kappa shape index (κ1) is 14.9. The van der Waals surface area contributed by atoms with Crippen molar-refractivity contribution in [3.63, 3.8) is 0 Å². The van der Waals surface area contributed by atoms with E-state index in [-0.39, 0.29) is 17.3 Å². The molecule has 110 valence electrons. The zero-order chi connectivity index (χ0) is 14.3. The van der Waals surface area contributed by atoms with Gasteiger partial charge in [-0.15, -0.1) is 0 Å². The van der Waals surface area contributed by atoms with Gasteiger partial charge in [-0.3, -0.25) is 9.69 Å². The first-order chi connectivity index (χ1) is 8.76. The van der Waals surface area contributed by atoms with E-state index in [0.717, 1.165) is 39.3 Å². The zero-order valence-corrected chi connectivity index (χ0v) is 13.0. The number of rotatable bonds is 3. The molecule has 2 heterocycles. The van der Waals surface area contributed by atoms with Crippen LogP contribution in [0, 0.1) is 5.92 Å². The average Bonchev–Trinajstić information content (AvgIpc) is 2.48. The minimum atomic E-state index is -0.626. The third-order valence-electron chi connectivity index (χ3n) is 4.62. The summed E-state index contributed by atoms with van der Waals surface area (Å²) in [5.41, 5.74) is -0.970. The predicted molar refractivity (Wildman–Crippen MR) is 76.3 cm³/mol. The lowest BCUT2D eigenvalue weighted by atomic mass is 9.85. The quantitative estimate of drug-likeness (QED) is 0.774. The van der Waals surface area contributed by atoms with E-state index >= 15 is 0 Å². The molecule has 2 aliphatic heterocycles. The van der Waals surface area contributed by atoms with Crippen molar-refractivity contribution in [2.45, 2.75) is 45.8 Å². The second-order valence-corrected chi connectivity index (χ2v) is 6.87. The van der Waals surface area contributed by atoms with Crippen LogP contribution in [0.15, 0.2) is 0 Å². The largest absolute Gasteiger partial charge is 0.361 e. The van der Waals surface area contributed by atoms with Gasteiger partial charge in [0.25, 0.3) is 0 Å². The molecule has 1 atom stereocenters. The van der Waals surface area contributed by atoms with Gasteiger partial charge in [-0.05, 0) is 34.2 Å². The third kappa shape index (κ3) is 3.01. The molecule has 1 unspecified atom stereocenters. The number of Topliss-reactive ketones (excluding diaryl/α,β-unsaturated/α-hetero) is 1. The molecule has 0 radical (unpaired) electrons. The van der Waals surface area contributed by atoms with E-state index in [2.05, 4.69) is 16.7 Å². The van der Waals surface area contributed by atoms with Gasteiger partial charge in [-0.25, -0.2) is 0 Å². The molecule has 2 fully saturated rings. The van der Waals surface area contributed by atoms with Crippen molar-refractivity contribution in [1.82, 2.24) is 9.80 Å². The summed E-state index contributed by atoms with van der Waals surface area (Å²) < 4.78 is 5.96. The maximum absolute atomic E-state index is 12.5. The number of hydrogen-bond donors (Lipinski definition) is 0. The number of nitrogens with zero attached hydrogens (tertiary/aromatic N) is 2. The summed E-state index contributed by atoms with van der Waals surface area (Å²) in [6.45, 7) is 16.4. The highest BCUT2D eigenvalue weighted by molar-refractivity contribution is 5.91. The summed E-state index contributed by atoms with van der Waals surface area (Å²) in [5.74, 6) is 0.256. The molecule has 0 bridgehead atoms. The molecule has 4 heteroatoms. The fourth-order valence-electron chi connectivity index (χ4n) is 3.36. The number of ketones is 1. The van der Waals surface area contributed by atoms with Crippen LogP contribution >= 0.6 is 0 Å². The standard InChI is InChI=1S/C15H28N2O2/c1-6-16-7-9-17(10-8-16)11-12-13(18)15(4,5)19-14(12,2)3/h12H,6-11H2,1-5H3. The maximum Gasteiger partial charge on any atom is 0.171 e. The van der Waals surface area contributed by atoms with Crippen molar-refractivity contribution in [2.75, 3.05) is 39.3 Å². The van der Waals surface area contributed by atoms with Gasteiger partial charge in [0.1, 0.15) is 5.60 Å². The van der Waals surface area contributed by atoms with E-state index in [4.69, 9.17) is 4.74 Å². The molecule has 4 nitrogen and oxygen atoms in total. The zero-order valence-electron chi connectivity index (χ0n) is 13.0. The molecule has 0 saturated carbocycles. The summed E-state index contributed by atoms with van der Waals surface area (Å²) >= 11 is 0. The Balaban J connectivity index is 1.97. The Morgan fingerprint density at radius 2 is 1.63 bits per heavy atom. The molecule has 2 aliphatic rings. The Morgan fingerprint density at radius 1 is 1.11 bits per heavy atom. The Kier molecular flexibility index (Phi) is 4.05. The van der Waals surface area contributed by atoms with Crippen molar-refractivity contribution in [2.24, 2.45) is 5.92 Å². The smallest absolute Gasteiger partial charge is 0.171 e. The molecule has 0 aliphatic carbocycles. The van der Waals surface area contributed by atoms with Gasteiger partial charge in [0.15, 0.2) is 5.78 Å². The Bertz CT molecular complexity index is 344. The minimum Gasteiger partial charge on any atom is -0.361 e. The second-order valence-electron chi connectivity index (χ2n) is 6.87. The second kappa shape index (κ2) is 5.15. The fourth-order valence-corrected chi connectivity index (χ4v) is 3.36. The molecular weight excluding hydrogens is 240 g/mol. The molecule has 0 aromatic heterocycles. The van der Waals surface area contributed by atoms with Crippen LogP contribution in [-0.4, -0.2) is 66.1 Å². The lowest BCUT2D eigenvalue weighted by Crippen LogP contribution is -2.50. The van der Waals surface area contributed by atoms with Crippen LogP contribution in [-0.2, 0) is 9.53 Å². The highest BCUT2D eigenvalue weighted by Crippen LogP contribution is 2.39. The Morgan fingerprint density at radius 3 is 2.05 bits per heavy atom. The van der Waals surface area contributed by atoms with Gasteiger partial charge in [0.05, 0.1) is 11.5 Å². The number of piperazine rings is 1. The van der Waals surface area contributed by atoms with Crippen molar-refractivity contribution in [1.29, 1.82) is 0 Å². The SMILES string of the molecule is CCN1CCN(CC2C(=O)C(C)(C)OC2(C)C)CC1. The lowest BCUT2D eigenvalue weighted by molar-refractivity contribution is -0.132. The van der Waals surface area contributed by atoms with Gasteiger partial charge in [0.2, 0.25) is 0 Å². The Hall–Kier alpha value is -0.450. The van der Waals surface area contributed by atoms with Crippen molar-refractivity contribution in [3.05, 3.63) is 0 Å². The van der Waals surface area contributed by atoms with Gasteiger partial charge >= 0.3 is 0 Å². The van der Waals surface area contributed by atoms with Gasteiger partial charge in [-0.2, -0.15) is 0 Å². The number of carbonyl (C=O) groups is 1. The summed E-state index contributed by atoms with van der Waals surface area (Å²) in [4.78, 5) is 17.3. The maximum atomic E-state index is 12.5. The number of ether oxygens (including phenoxy) is 1. The van der Waals surface area contributed by atoms with Crippen LogP contribution in [0.1, 0.15) is 34.6 Å². The van der Waals surface area contributed by atoms with Crippen LogP contribution in [0.4, 0.5) is 0 Å². The van der Waals surface area contributed by atoms with Crippen molar-refractivity contribution >= 4 is 5.78 Å². The van der Waals surface area contributed by atoms with Gasteiger partial charge < -0.3 is 9.64 Å². The summed E-state index contributed by atoms with van der Waals surface area (Å²) in [5, 5.41) is 0. The molecule has 0 aromatic carbocycles. The Labute approximate surface area is 117 Å². The molecule has 0 N–H and O–H groups in total. The van der Waals surface area contributed by atoms with Gasteiger partial charge in [0, 0.05) is 32.7 Å². The highest BCUT2D eigenvalue weighted by Gasteiger charge is 2.53. The van der Waals surface area contributed by atoms with E-state index in [9.17, 15) is 4.79 Å². The van der Waals surface area contributed by atoms with Crippen molar-refractivity contribution < 1.29 is 9.53 Å². The first-order valence-corrected chi connectivity index (χ1v) is 7.45. The summed E-state index contributed by atoms with van der Waals surface area (Å²) in [6.07, 6.45) is 0. The molecule has 19 heavy (non-hydrogen) atoms. The van der Waals surface area contributed by atoms with E-state index in [0.29, 0.717) is 0 Å². The molecule has 0 spiro atoms.